The van der Waals surface area contributed by atoms with Crippen molar-refractivity contribution in [1.29, 1.82) is 5.26 Å². The van der Waals surface area contributed by atoms with Crippen LogP contribution in [0.4, 0.5) is 10.8 Å². The molecule has 2 heterocycles. The van der Waals surface area contributed by atoms with Crippen molar-refractivity contribution in [1.82, 2.24) is 4.98 Å². The minimum atomic E-state index is -0.678. The van der Waals surface area contributed by atoms with Crippen molar-refractivity contribution in [2.75, 3.05) is 10.2 Å². The van der Waals surface area contributed by atoms with Crippen molar-refractivity contribution < 1.29 is 9.59 Å². The molecule has 1 aliphatic heterocycles. The minimum Gasteiger partial charge on any atom is -0.305 e. The number of carbonyl (C=O) groups excluding carboxylic acids is 2. The van der Waals surface area contributed by atoms with E-state index in [1.54, 1.807) is 47.5 Å². The number of para-hydroxylation sites is 1. The van der Waals surface area contributed by atoms with Gasteiger partial charge in [0.2, 0.25) is 0 Å². The first-order valence-electron chi connectivity index (χ1n) is 10.1. The van der Waals surface area contributed by atoms with Gasteiger partial charge in [-0.15, -0.1) is 11.3 Å². The largest absolute Gasteiger partial charge is 0.305 e. The van der Waals surface area contributed by atoms with E-state index < -0.39 is 5.91 Å². The van der Waals surface area contributed by atoms with Gasteiger partial charge in [-0.25, -0.2) is 4.98 Å². The summed E-state index contributed by atoms with van der Waals surface area (Å²) < 4.78 is 0. The van der Waals surface area contributed by atoms with Crippen LogP contribution in [0.5, 0.6) is 0 Å². The van der Waals surface area contributed by atoms with Crippen molar-refractivity contribution in [3.05, 3.63) is 80.3 Å². The highest BCUT2D eigenvalue weighted by Crippen LogP contribution is 2.39. The van der Waals surface area contributed by atoms with Gasteiger partial charge >= 0.3 is 0 Å². The quantitative estimate of drug-likeness (QED) is 0.361. The SMILES string of the molecule is CC(C)N1C(=O)C(=C(C#N)C(=O)Nc2ncc(Cc3cc(Cl)ccc3Cl)s2)c2ccccc21. The Labute approximate surface area is 205 Å². The number of halogens is 2. The molecule has 1 aromatic heterocycles. The number of aromatic nitrogens is 1. The van der Waals surface area contributed by atoms with Crippen LogP contribution in [0.3, 0.4) is 0 Å². The molecular weight excluding hydrogens is 479 g/mol. The summed E-state index contributed by atoms with van der Waals surface area (Å²) >= 11 is 13.6. The van der Waals surface area contributed by atoms with Crippen molar-refractivity contribution in [2.24, 2.45) is 0 Å². The number of thiazole rings is 1. The lowest BCUT2D eigenvalue weighted by atomic mass is 10.0. The summed E-state index contributed by atoms with van der Waals surface area (Å²) in [4.78, 5) is 32.8. The van der Waals surface area contributed by atoms with E-state index >= 15 is 0 Å². The van der Waals surface area contributed by atoms with E-state index in [1.807, 2.05) is 26.0 Å². The number of rotatable bonds is 5. The molecule has 0 saturated heterocycles. The van der Waals surface area contributed by atoms with E-state index in [9.17, 15) is 14.9 Å². The van der Waals surface area contributed by atoms with Gasteiger partial charge < -0.3 is 4.90 Å². The van der Waals surface area contributed by atoms with Crippen molar-refractivity contribution >= 4 is 62.7 Å². The molecule has 6 nitrogen and oxygen atoms in total. The molecule has 0 fully saturated rings. The average Bonchev–Trinajstić information content (AvgIpc) is 3.33. The first kappa shape index (κ1) is 23.0. The highest BCUT2D eigenvalue weighted by molar-refractivity contribution is 7.15. The average molecular weight is 497 g/mol. The third-order valence-corrected chi connectivity index (χ3v) is 6.63. The lowest BCUT2D eigenvalue weighted by Crippen LogP contribution is -2.33. The molecular formula is C24H18Cl2N4O2S. The molecule has 4 rings (SSSR count). The molecule has 1 aliphatic rings. The monoisotopic (exact) mass is 496 g/mol. The highest BCUT2D eigenvalue weighted by Gasteiger charge is 2.37. The van der Waals surface area contributed by atoms with E-state index in [1.165, 1.54) is 11.3 Å². The molecule has 9 heteroatoms. The van der Waals surface area contributed by atoms with Gasteiger partial charge in [-0.3, -0.25) is 14.9 Å². The number of nitrogens with one attached hydrogen (secondary N) is 1. The second kappa shape index (κ2) is 9.36. The first-order chi connectivity index (χ1) is 15.8. The Morgan fingerprint density at radius 1 is 1.24 bits per heavy atom. The molecule has 2 amide bonds. The number of anilines is 2. The fourth-order valence-corrected chi connectivity index (χ4v) is 4.90. The molecule has 33 heavy (non-hydrogen) atoms. The van der Waals surface area contributed by atoms with Crippen LogP contribution >= 0.6 is 34.5 Å². The van der Waals surface area contributed by atoms with Crippen LogP contribution < -0.4 is 10.2 Å². The standard InChI is InChI=1S/C24H18Cl2N4O2S/c1-13(2)30-20-6-4-3-5-17(20)21(23(30)32)18(11-27)22(31)29-24-28-12-16(33-24)10-14-9-15(25)7-8-19(14)26/h3-9,12-13H,10H2,1-2H3,(H,28,29,31). The number of amides is 2. The third kappa shape index (κ3) is 4.51. The second-order valence-corrected chi connectivity index (χ2v) is 9.61. The van der Waals surface area contributed by atoms with E-state index in [0.717, 1.165) is 10.4 Å². The normalized spacial score (nSPS) is 14.3. The number of hydrogen-bond donors (Lipinski definition) is 1. The van der Waals surface area contributed by atoms with Crippen LogP contribution in [0.15, 0.2) is 54.2 Å². The van der Waals surface area contributed by atoms with Gasteiger partial charge in [0.1, 0.15) is 11.6 Å². The Bertz CT molecular complexity index is 1340. The summed E-state index contributed by atoms with van der Waals surface area (Å²) in [5.74, 6) is -1.05. The number of fused-ring (bicyclic) bond motifs is 1. The molecule has 3 aromatic rings. The van der Waals surface area contributed by atoms with Crippen LogP contribution in [-0.2, 0) is 16.0 Å². The molecule has 0 saturated carbocycles. The summed E-state index contributed by atoms with van der Waals surface area (Å²) in [6, 6.07) is 14.2. The van der Waals surface area contributed by atoms with Crippen molar-refractivity contribution in [3.63, 3.8) is 0 Å². The lowest BCUT2D eigenvalue weighted by Gasteiger charge is -2.21. The zero-order valence-corrected chi connectivity index (χ0v) is 20.1. The Hall–Kier alpha value is -3.18. The fourth-order valence-electron chi connectivity index (χ4n) is 3.69. The minimum absolute atomic E-state index is 0.0989. The molecule has 0 atom stereocenters. The van der Waals surface area contributed by atoms with Gasteiger partial charge in [0.15, 0.2) is 5.13 Å². The predicted octanol–water partition coefficient (Wildman–Crippen LogP) is 5.71. The Morgan fingerprint density at radius 2 is 2.00 bits per heavy atom. The van der Waals surface area contributed by atoms with Gasteiger partial charge in [-0.1, -0.05) is 41.4 Å². The van der Waals surface area contributed by atoms with Crippen LogP contribution in [0.25, 0.3) is 5.57 Å². The summed E-state index contributed by atoms with van der Waals surface area (Å²) in [7, 11) is 0. The smallest absolute Gasteiger partial charge is 0.268 e. The molecule has 0 unspecified atom stereocenters. The Balaban J connectivity index is 1.61. The molecule has 0 spiro atoms. The van der Waals surface area contributed by atoms with Crippen LogP contribution in [0.2, 0.25) is 10.0 Å². The third-order valence-electron chi connectivity index (χ3n) is 5.12. The van der Waals surface area contributed by atoms with Gasteiger partial charge in [0, 0.05) is 39.1 Å². The van der Waals surface area contributed by atoms with Crippen LogP contribution in [-0.4, -0.2) is 22.8 Å². The van der Waals surface area contributed by atoms with Gasteiger partial charge in [0.05, 0.1) is 11.3 Å². The van der Waals surface area contributed by atoms with Gasteiger partial charge in [0.25, 0.3) is 11.8 Å². The number of hydrogen-bond acceptors (Lipinski definition) is 5. The molecule has 0 aliphatic carbocycles. The lowest BCUT2D eigenvalue weighted by molar-refractivity contribution is -0.115. The van der Waals surface area contributed by atoms with E-state index in [4.69, 9.17) is 23.2 Å². The van der Waals surface area contributed by atoms with Crippen molar-refractivity contribution in [3.8, 4) is 6.07 Å². The van der Waals surface area contributed by atoms with Crippen molar-refractivity contribution in [2.45, 2.75) is 26.3 Å². The summed E-state index contributed by atoms with van der Waals surface area (Å²) in [5.41, 5.74) is 1.95. The van der Waals surface area contributed by atoms with E-state index in [2.05, 4.69) is 10.3 Å². The zero-order chi connectivity index (χ0) is 23.7. The zero-order valence-electron chi connectivity index (χ0n) is 17.7. The van der Waals surface area contributed by atoms with Gasteiger partial charge in [-0.05, 0) is 43.7 Å². The van der Waals surface area contributed by atoms with Gasteiger partial charge in [-0.2, -0.15) is 5.26 Å². The Morgan fingerprint density at radius 3 is 2.73 bits per heavy atom. The van der Waals surface area contributed by atoms with E-state index in [0.29, 0.717) is 32.8 Å². The molecule has 2 aromatic carbocycles. The Kier molecular flexibility index (Phi) is 6.52. The summed E-state index contributed by atoms with van der Waals surface area (Å²) in [5, 5.41) is 13.9. The summed E-state index contributed by atoms with van der Waals surface area (Å²) in [6.07, 6.45) is 2.13. The maximum Gasteiger partial charge on any atom is 0.268 e. The van der Waals surface area contributed by atoms with E-state index in [-0.39, 0.29) is 23.1 Å². The second-order valence-electron chi connectivity index (χ2n) is 7.65. The fraction of sp³-hybridized carbons (Fsp3) is 0.167. The van der Waals surface area contributed by atoms with Crippen LogP contribution in [0.1, 0.15) is 29.9 Å². The number of nitriles is 1. The molecule has 1 N–H and O–H groups in total. The number of benzene rings is 2. The molecule has 0 bridgehead atoms. The maximum atomic E-state index is 13.1. The molecule has 166 valence electrons. The number of carbonyl (C=O) groups is 2. The first-order valence-corrected chi connectivity index (χ1v) is 11.6. The van der Waals surface area contributed by atoms with Crippen LogP contribution in [0, 0.1) is 11.3 Å². The number of nitrogens with zero attached hydrogens (tertiary/aromatic N) is 3. The maximum absolute atomic E-state index is 13.1. The summed E-state index contributed by atoms with van der Waals surface area (Å²) in [6.45, 7) is 3.76. The topological polar surface area (TPSA) is 86.1 Å². The predicted molar refractivity (Wildman–Crippen MR) is 132 cm³/mol. The molecule has 0 radical (unpaired) electrons. The highest BCUT2D eigenvalue weighted by atomic mass is 35.5.